The van der Waals surface area contributed by atoms with Gasteiger partial charge in [-0.15, -0.1) is 0 Å². The van der Waals surface area contributed by atoms with E-state index in [9.17, 15) is 0 Å². The quantitative estimate of drug-likeness (QED) is 0.821. The molecule has 2 aromatic carbocycles. The smallest absolute Gasteiger partial charge is 0.231 e. The zero-order valence-corrected chi connectivity index (χ0v) is 15.8. The fraction of sp³-hybridized carbons (Fsp3) is 0.400. The number of rotatable bonds is 5. The van der Waals surface area contributed by atoms with Crippen LogP contribution in [0, 0.1) is 0 Å². The fourth-order valence-electron chi connectivity index (χ4n) is 3.56. The van der Waals surface area contributed by atoms with E-state index in [1.54, 1.807) is 0 Å². The molecule has 1 fully saturated rings. The van der Waals surface area contributed by atoms with E-state index in [1.165, 1.54) is 30.5 Å². The molecule has 4 rings (SSSR count). The van der Waals surface area contributed by atoms with Gasteiger partial charge < -0.3 is 14.8 Å². The van der Waals surface area contributed by atoms with Crippen LogP contribution < -0.4 is 14.8 Å². The maximum atomic E-state index is 5.49. The van der Waals surface area contributed by atoms with Gasteiger partial charge in [0.2, 0.25) is 6.79 Å². The Kier molecular flexibility index (Phi) is 5.25. The fourth-order valence-corrected chi connectivity index (χ4v) is 4.02. The van der Waals surface area contributed by atoms with E-state index < -0.39 is 0 Å². The van der Waals surface area contributed by atoms with Crippen molar-refractivity contribution in [1.82, 2.24) is 10.2 Å². The first-order valence-electron chi connectivity index (χ1n) is 8.85. The number of benzene rings is 2. The van der Waals surface area contributed by atoms with E-state index in [0.717, 1.165) is 35.6 Å². The van der Waals surface area contributed by atoms with Gasteiger partial charge in [0.25, 0.3) is 0 Å². The second-order valence-corrected chi connectivity index (χ2v) is 7.59. The Balaban J connectivity index is 1.34. The maximum Gasteiger partial charge on any atom is 0.231 e. The molecule has 25 heavy (non-hydrogen) atoms. The molecular formula is C20H23BrN2O2. The molecule has 4 nitrogen and oxygen atoms in total. The van der Waals surface area contributed by atoms with E-state index >= 15 is 0 Å². The van der Waals surface area contributed by atoms with Crippen LogP contribution in [-0.2, 0) is 13.1 Å². The van der Waals surface area contributed by atoms with Crippen molar-refractivity contribution in [3.8, 4) is 11.5 Å². The number of halogens is 1. The first-order valence-corrected chi connectivity index (χ1v) is 9.65. The highest BCUT2D eigenvalue weighted by Gasteiger charge is 2.21. The number of piperidine rings is 1. The highest BCUT2D eigenvalue weighted by molar-refractivity contribution is 9.10. The molecule has 1 N–H and O–H groups in total. The van der Waals surface area contributed by atoms with Crippen LogP contribution in [0.4, 0.5) is 0 Å². The molecule has 1 atom stereocenters. The normalized spacial score (nSPS) is 20.0. The summed E-state index contributed by atoms with van der Waals surface area (Å²) in [6, 6.07) is 15.3. The second kappa shape index (κ2) is 7.77. The summed E-state index contributed by atoms with van der Waals surface area (Å²) >= 11 is 3.65. The van der Waals surface area contributed by atoms with Crippen LogP contribution >= 0.6 is 15.9 Å². The Hall–Kier alpha value is -1.56. The summed E-state index contributed by atoms with van der Waals surface area (Å²) < 4.78 is 12.0. The Bertz CT molecular complexity index is 723. The van der Waals surface area contributed by atoms with Gasteiger partial charge in [-0.1, -0.05) is 46.3 Å². The maximum absolute atomic E-state index is 5.49. The van der Waals surface area contributed by atoms with Crippen molar-refractivity contribution < 1.29 is 9.47 Å². The monoisotopic (exact) mass is 402 g/mol. The van der Waals surface area contributed by atoms with E-state index in [-0.39, 0.29) is 0 Å². The summed E-state index contributed by atoms with van der Waals surface area (Å²) in [6.45, 7) is 4.46. The van der Waals surface area contributed by atoms with Crippen molar-refractivity contribution in [2.24, 2.45) is 0 Å². The average molecular weight is 403 g/mol. The molecule has 0 aliphatic carbocycles. The number of ether oxygens (including phenoxy) is 2. The lowest BCUT2D eigenvalue weighted by Crippen LogP contribution is -2.45. The van der Waals surface area contributed by atoms with Gasteiger partial charge in [-0.25, -0.2) is 0 Å². The molecule has 5 heteroatoms. The minimum Gasteiger partial charge on any atom is -0.454 e. The van der Waals surface area contributed by atoms with E-state index in [4.69, 9.17) is 9.47 Å². The Labute approximate surface area is 157 Å². The van der Waals surface area contributed by atoms with Crippen molar-refractivity contribution in [2.75, 3.05) is 19.9 Å². The molecule has 0 saturated carbocycles. The van der Waals surface area contributed by atoms with Gasteiger partial charge in [0.05, 0.1) is 0 Å². The summed E-state index contributed by atoms with van der Waals surface area (Å²) in [5.41, 5.74) is 2.60. The molecule has 2 aliphatic rings. The second-order valence-electron chi connectivity index (χ2n) is 6.74. The molecule has 0 spiro atoms. The topological polar surface area (TPSA) is 33.7 Å². The molecule has 0 bridgehead atoms. The Morgan fingerprint density at radius 2 is 1.92 bits per heavy atom. The largest absolute Gasteiger partial charge is 0.454 e. The van der Waals surface area contributed by atoms with Gasteiger partial charge >= 0.3 is 0 Å². The lowest BCUT2D eigenvalue weighted by atomic mass is 10.0. The minimum absolute atomic E-state index is 0.315. The van der Waals surface area contributed by atoms with Crippen LogP contribution in [0.25, 0.3) is 0 Å². The van der Waals surface area contributed by atoms with Gasteiger partial charge in [-0.05, 0) is 42.6 Å². The van der Waals surface area contributed by atoms with Crippen molar-refractivity contribution in [3.63, 3.8) is 0 Å². The highest BCUT2D eigenvalue weighted by atomic mass is 79.9. The first kappa shape index (κ1) is 16.9. The van der Waals surface area contributed by atoms with Crippen LogP contribution in [0.5, 0.6) is 11.5 Å². The molecule has 2 aromatic rings. The number of hydrogen-bond donors (Lipinski definition) is 1. The van der Waals surface area contributed by atoms with Gasteiger partial charge in [0.1, 0.15) is 0 Å². The molecule has 0 radical (unpaired) electrons. The molecule has 1 unspecified atom stereocenters. The summed E-state index contributed by atoms with van der Waals surface area (Å²) in [5.74, 6) is 1.66. The van der Waals surface area contributed by atoms with E-state index in [1.807, 2.05) is 6.07 Å². The molecule has 2 heterocycles. The summed E-state index contributed by atoms with van der Waals surface area (Å²) in [6.07, 6.45) is 2.47. The lowest BCUT2D eigenvalue weighted by molar-refractivity contribution is 0.174. The third kappa shape index (κ3) is 4.17. The summed E-state index contributed by atoms with van der Waals surface area (Å²) in [5, 5.41) is 3.72. The highest BCUT2D eigenvalue weighted by Crippen LogP contribution is 2.36. The number of nitrogens with one attached hydrogen (secondary N) is 1. The zero-order chi connectivity index (χ0) is 17.1. The van der Waals surface area contributed by atoms with E-state index in [0.29, 0.717) is 12.8 Å². The molecule has 2 aliphatic heterocycles. The van der Waals surface area contributed by atoms with Gasteiger partial charge in [-0.2, -0.15) is 0 Å². The average Bonchev–Trinajstić information content (AvgIpc) is 3.08. The lowest BCUT2D eigenvalue weighted by Gasteiger charge is -2.33. The van der Waals surface area contributed by atoms with Gasteiger partial charge in [0.15, 0.2) is 11.5 Å². The van der Waals surface area contributed by atoms with Crippen molar-refractivity contribution in [2.45, 2.75) is 32.0 Å². The molecular weight excluding hydrogens is 380 g/mol. The predicted octanol–water partition coefficient (Wildman–Crippen LogP) is 3.93. The van der Waals surface area contributed by atoms with Crippen LogP contribution in [-0.4, -0.2) is 30.8 Å². The van der Waals surface area contributed by atoms with Crippen LogP contribution in [0.1, 0.15) is 24.0 Å². The summed E-state index contributed by atoms with van der Waals surface area (Å²) in [4.78, 5) is 2.55. The molecule has 0 aromatic heterocycles. The van der Waals surface area contributed by atoms with Crippen LogP contribution in [0.15, 0.2) is 46.9 Å². The predicted molar refractivity (Wildman–Crippen MR) is 102 cm³/mol. The van der Waals surface area contributed by atoms with Crippen molar-refractivity contribution >= 4 is 15.9 Å². The molecule has 0 amide bonds. The standard InChI is InChI=1S/C20H23BrN2O2/c21-18-10-20-19(24-14-25-20)9-16(18)11-22-17-7-4-8-23(13-17)12-15-5-2-1-3-6-15/h1-3,5-6,9-10,17,22H,4,7-8,11-14H2. The Morgan fingerprint density at radius 3 is 2.76 bits per heavy atom. The SMILES string of the molecule is Brc1cc2c(cc1CNC1CCCN(Cc3ccccc3)C1)OCO2. The number of likely N-dealkylation sites (tertiary alicyclic amines) is 1. The van der Waals surface area contributed by atoms with Crippen LogP contribution in [0.2, 0.25) is 0 Å². The van der Waals surface area contributed by atoms with E-state index in [2.05, 4.69) is 62.5 Å². The number of fused-ring (bicyclic) bond motifs is 1. The minimum atomic E-state index is 0.315. The number of hydrogen-bond acceptors (Lipinski definition) is 4. The zero-order valence-electron chi connectivity index (χ0n) is 14.2. The molecule has 1 saturated heterocycles. The first-order chi connectivity index (χ1) is 12.3. The van der Waals surface area contributed by atoms with Crippen molar-refractivity contribution in [3.05, 3.63) is 58.1 Å². The van der Waals surface area contributed by atoms with Gasteiger partial charge in [-0.3, -0.25) is 4.90 Å². The van der Waals surface area contributed by atoms with Gasteiger partial charge in [0, 0.05) is 30.1 Å². The van der Waals surface area contributed by atoms with Crippen LogP contribution in [0.3, 0.4) is 0 Å². The molecule has 132 valence electrons. The summed E-state index contributed by atoms with van der Waals surface area (Å²) in [7, 11) is 0. The number of nitrogens with zero attached hydrogens (tertiary/aromatic N) is 1. The van der Waals surface area contributed by atoms with Crippen molar-refractivity contribution in [1.29, 1.82) is 0 Å². The Morgan fingerprint density at radius 1 is 1.12 bits per heavy atom. The third-order valence-electron chi connectivity index (χ3n) is 4.88. The third-order valence-corrected chi connectivity index (χ3v) is 5.62.